The summed E-state index contributed by atoms with van der Waals surface area (Å²) in [6.07, 6.45) is 0. The molecule has 2 aromatic carbocycles. The van der Waals surface area contributed by atoms with Gasteiger partial charge in [0, 0.05) is 33.9 Å². The van der Waals surface area contributed by atoms with Crippen molar-refractivity contribution in [3.05, 3.63) is 48.0 Å². The van der Waals surface area contributed by atoms with Crippen molar-refractivity contribution >= 4 is 33.7 Å². The molecular formula is C20H24N4O2. The number of carbonyl (C=O) groups is 1. The molecule has 6 nitrogen and oxygen atoms in total. The van der Waals surface area contributed by atoms with Crippen LogP contribution in [0.4, 0.5) is 0 Å². The number of carbonyl (C=O) groups excluding carboxylic acids is 1. The molecule has 136 valence electrons. The molecule has 0 aliphatic carbocycles. The fraction of sp³-hybridized carbons (Fsp3) is 0.300. The van der Waals surface area contributed by atoms with Crippen LogP contribution in [0.5, 0.6) is 0 Å². The maximum absolute atomic E-state index is 12.2. The van der Waals surface area contributed by atoms with Crippen LogP contribution >= 0.6 is 0 Å². The zero-order valence-electron chi connectivity index (χ0n) is 15.3. The monoisotopic (exact) mass is 352 g/mol. The smallest absolute Gasteiger partial charge is 0.280 e. The molecule has 1 heterocycles. The Bertz CT molecular complexity index is 992. The fourth-order valence-electron chi connectivity index (χ4n) is 3.05. The van der Waals surface area contributed by atoms with Crippen molar-refractivity contribution in [2.45, 2.75) is 32.9 Å². The largest absolute Gasteiger partial charge is 0.374 e. The van der Waals surface area contributed by atoms with Gasteiger partial charge in [-0.05, 0) is 39.0 Å². The second kappa shape index (κ2) is 6.80. The minimum Gasteiger partial charge on any atom is -0.374 e. The summed E-state index contributed by atoms with van der Waals surface area (Å²) >= 11 is 0. The molecule has 1 aromatic heterocycles. The molecule has 26 heavy (non-hydrogen) atoms. The number of fused-ring (bicyclic) bond motifs is 3. The number of amides is 1. The Morgan fingerprint density at radius 2 is 1.77 bits per heavy atom. The maximum Gasteiger partial charge on any atom is 0.280 e. The Balaban J connectivity index is 2.09. The van der Waals surface area contributed by atoms with Crippen LogP contribution in [-0.4, -0.2) is 28.6 Å². The summed E-state index contributed by atoms with van der Waals surface area (Å²) in [6, 6.07) is 13.7. The third-order valence-corrected chi connectivity index (χ3v) is 4.10. The summed E-state index contributed by atoms with van der Waals surface area (Å²) in [5, 5.41) is 2.22. The van der Waals surface area contributed by atoms with Gasteiger partial charge in [-0.15, -0.1) is 0 Å². The summed E-state index contributed by atoms with van der Waals surface area (Å²) < 4.78 is 8.06. The molecule has 0 fully saturated rings. The minimum absolute atomic E-state index is 0.201. The number of hydrogen-bond donors (Lipinski definition) is 2. The zero-order valence-corrected chi connectivity index (χ0v) is 15.3. The number of rotatable bonds is 4. The molecular weight excluding hydrogens is 328 g/mol. The summed E-state index contributed by atoms with van der Waals surface area (Å²) in [4.78, 5) is 15.8. The average Bonchev–Trinajstić information content (AvgIpc) is 2.87. The average molecular weight is 352 g/mol. The van der Waals surface area contributed by atoms with Gasteiger partial charge in [-0.25, -0.2) is 0 Å². The first kappa shape index (κ1) is 17.9. The Hall–Kier alpha value is -2.86. The molecule has 0 aliphatic rings. The number of nitrogens with zero attached hydrogens (tertiary/aromatic N) is 2. The van der Waals surface area contributed by atoms with Gasteiger partial charge in [0.25, 0.3) is 5.91 Å². The number of aromatic nitrogens is 1. The van der Waals surface area contributed by atoms with Crippen LogP contribution in [0.1, 0.15) is 31.1 Å². The van der Waals surface area contributed by atoms with Crippen molar-refractivity contribution in [1.82, 2.24) is 4.57 Å². The van der Waals surface area contributed by atoms with E-state index in [9.17, 15) is 4.79 Å². The van der Waals surface area contributed by atoms with E-state index >= 15 is 0 Å². The Labute approximate surface area is 152 Å². The van der Waals surface area contributed by atoms with Crippen LogP contribution in [0.3, 0.4) is 0 Å². The first-order valence-corrected chi connectivity index (χ1v) is 8.55. The van der Waals surface area contributed by atoms with Crippen LogP contribution in [0.2, 0.25) is 0 Å². The first-order valence-electron chi connectivity index (χ1n) is 8.55. The van der Waals surface area contributed by atoms with E-state index in [0.29, 0.717) is 18.7 Å². The highest BCUT2D eigenvalue weighted by Gasteiger charge is 2.15. The molecule has 0 saturated carbocycles. The SMILES string of the molecule is CC(C)(C)OCCn1c2ccccc2c2ccc(C(=O)N=C(N)N)cc21. The normalized spacial score (nSPS) is 11.8. The number of guanidine groups is 1. The van der Waals surface area contributed by atoms with Crippen molar-refractivity contribution in [2.75, 3.05) is 6.61 Å². The number of aliphatic imine (C=N–C) groups is 1. The van der Waals surface area contributed by atoms with Crippen molar-refractivity contribution in [2.24, 2.45) is 16.5 Å². The van der Waals surface area contributed by atoms with Gasteiger partial charge in [0.15, 0.2) is 5.96 Å². The van der Waals surface area contributed by atoms with Crippen LogP contribution in [0.25, 0.3) is 21.8 Å². The molecule has 0 saturated heterocycles. The first-order chi connectivity index (χ1) is 12.3. The predicted molar refractivity (Wildman–Crippen MR) is 105 cm³/mol. The third-order valence-electron chi connectivity index (χ3n) is 4.10. The van der Waals surface area contributed by atoms with Crippen LogP contribution in [0, 0.1) is 0 Å². The number of ether oxygens (including phenoxy) is 1. The molecule has 0 spiro atoms. The van der Waals surface area contributed by atoms with Crippen molar-refractivity contribution < 1.29 is 9.53 Å². The third kappa shape index (κ3) is 3.70. The van der Waals surface area contributed by atoms with E-state index in [1.807, 2.05) is 45.0 Å². The molecule has 0 bridgehead atoms. The lowest BCUT2D eigenvalue weighted by Gasteiger charge is -2.20. The molecule has 3 aromatic rings. The number of para-hydroxylation sites is 1. The van der Waals surface area contributed by atoms with Crippen molar-refractivity contribution in [3.63, 3.8) is 0 Å². The van der Waals surface area contributed by atoms with Crippen LogP contribution < -0.4 is 11.5 Å². The standard InChI is InChI=1S/C20H24N4O2/c1-20(2,3)26-11-10-24-16-7-5-4-6-14(16)15-9-8-13(12-17(15)24)18(25)23-19(21)22/h4-9,12H,10-11H2,1-3H3,(H4,21,22,23,25). The number of nitrogens with two attached hydrogens (primary N) is 2. The second-order valence-corrected chi connectivity index (χ2v) is 7.20. The van der Waals surface area contributed by atoms with Gasteiger partial charge in [-0.3, -0.25) is 4.79 Å². The molecule has 0 atom stereocenters. The quantitative estimate of drug-likeness (QED) is 0.557. The Morgan fingerprint density at radius 3 is 2.46 bits per heavy atom. The maximum atomic E-state index is 12.2. The van der Waals surface area contributed by atoms with E-state index in [0.717, 1.165) is 21.8 Å². The van der Waals surface area contributed by atoms with Gasteiger partial charge in [0.2, 0.25) is 0 Å². The minimum atomic E-state index is -0.449. The van der Waals surface area contributed by atoms with Gasteiger partial charge in [0.05, 0.1) is 12.2 Å². The second-order valence-electron chi connectivity index (χ2n) is 7.20. The van der Waals surface area contributed by atoms with E-state index < -0.39 is 5.91 Å². The van der Waals surface area contributed by atoms with E-state index in [1.54, 1.807) is 6.07 Å². The lowest BCUT2D eigenvalue weighted by Crippen LogP contribution is -2.24. The molecule has 4 N–H and O–H groups in total. The number of hydrogen-bond acceptors (Lipinski definition) is 2. The molecule has 6 heteroatoms. The predicted octanol–water partition coefficient (Wildman–Crippen LogP) is 3.02. The van der Waals surface area contributed by atoms with Crippen LogP contribution in [-0.2, 0) is 11.3 Å². The molecule has 0 aliphatic heterocycles. The van der Waals surface area contributed by atoms with Gasteiger partial charge in [-0.1, -0.05) is 24.3 Å². The Kier molecular flexibility index (Phi) is 4.70. The van der Waals surface area contributed by atoms with Crippen molar-refractivity contribution in [1.29, 1.82) is 0 Å². The Morgan fingerprint density at radius 1 is 1.08 bits per heavy atom. The van der Waals surface area contributed by atoms with Gasteiger partial charge in [0.1, 0.15) is 0 Å². The summed E-state index contributed by atoms with van der Waals surface area (Å²) in [7, 11) is 0. The molecule has 1 amide bonds. The van der Waals surface area contributed by atoms with Crippen LogP contribution in [0.15, 0.2) is 47.5 Å². The summed E-state index contributed by atoms with van der Waals surface area (Å²) in [5.74, 6) is -0.691. The van der Waals surface area contributed by atoms with E-state index in [-0.39, 0.29) is 11.6 Å². The van der Waals surface area contributed by atoms with Gasteiger partial charge in [-0.2, -0.15) is 4.99 Å². The summed E-state index contributed by atoms with van der Waals surface area (Å²) in [5.41, 5.74) is 13.0. The topological polar surface area (TPSA) is 95.6 Å². The number of benzene rings is 2. The summed E-state index contributed by atoms with van der Waals surface area (Å²) in [6.45, 7) is 7.35. The molecule has 0 radical (unpaired) electrons. The van der Waals surface area contributed by atoms with E-state index in [2.05, 4.69) is 21.7 Å². The highest BCUT2D eigenvalue weighted by atomic mass is 16.5. The fourth-order valence-corrected chi connectivity index (χ4v) is 3.05. The molecule has 0 unspecified atom stereocenters. The lowest BCUT2D eigenvalue weighted by atomic mass is 10.1. The van der Waals surface area contributed by atoms with Gasteiger partial charge >= 0.3 is 0 Å². The molecule has 3 rings (SSSR count). The zero-order chi connectivity index (χ0) is 18.9. The van der Waals surface area contributed by atoms with E-state index in [4.69, 9.17) is 16.2 Å². The highest BCUT2D eigenvalue weighted by molar-refractivity contribution is 6.11. The lowest BCUT2D eigenvalue weighted by molar-refractivity contribution is -0.00611. The van der Waals surface area contributed by atoms with Crippen molar-refractivity contribution in [3.8, 4) is 0 Å². The highest BCUT2D eigenvalue weighted by Crippen LogP contribution is 2.30. The van der Waals surface area contributed by atoms with Gasteiger partial charge < -0.3 is 20.8 Å². The van der Waals surface area contributed by atoms with E-state index in [1.165, 1.54) is 0 Å².